The van der Waals surface area contributed by atoms with Crippen LogP contribution in [0.1, 0.15) is 23.3 Å². The molecule has 1 atom stereocenters. The zero-order valence-electron chi connectivity index (χ0n) is 10.6. The molecule has 98 valence electrons. The predicted octanol–water partition coefficient (Wildman–Crippen LogP) is 0.133. The van der Waals surface area contributed by atoms with E-state index in [0.717, 1.165) is 45.0 Å². The number of imidazole rings is 1. The number of carbonyl (C=O) groups is 1. The Kier molecular flexibility index (Phi) is 2.95. The summed E-state index contributed by atoms with van der Waals surface area (Å²) in [7, 11) is 2.07. The summed E-state index contributed by atoms with van der Waals surface area (Å²) >= 11 is 0. The van der Waals surface area contributed by atoms with Crippen LogP contribution in [0.15, 0.2) is 6.20 Å². The molecule has 2 aliphatic heterocycles. The number of amides is 1. The summed E-state index contributed by atoms with van der Waals surface area (Å²) in [6, 6.07) is 0.259. The van der Waals surface area contributed by atoms with Gasteiger partial charge in [0, 0.05) is 31.9 Å². The summed E-state index contributed by atoms with van der Waals surface area (Å²) < 4.78 is 2.01. The van der Waals surface area contributed by atoms with Gasteiger partial charge in [0.1, 0.15) is 5.69 Å². The maximum Gasteiger partial charge on any atom is 0.271 e. The number of hydrogen-bond donors (Lipinski definition) is 2. The highest BCUT2D eigenvalue weighted by atomic mass is 16.2. The summed E-state index contributed by atoms with van der Waals surface area (Å²) in [4.78, 5) is 18.7. The number of likely N-dealkylation sites (tertiary alicyclic amines) is 1. The molecule has 0 bridgehead atoms. The number of fused-ring (bicyclic) bond motifs is 1. The van der Waals surface area contributed by atoms with Crippen molar-refractivity contribution in [2.75, 3.05) is 32.0 Å². The SMILES string of the molecule is CN1CCC(NC(=O)c2cn3c(n2)NCCC3)C1. The van der Waals surface area contributed by atoms with Crippen molar-refractivity contribution < 1.29 is 4.79 Å². The van der Waals surface area contributed by atoms with Crippen molar-refractivity contribution in [2.24, 2.45) is 0 Å². The predicted molar refractivity (Wildman–Crippen MR) is 68.7 cm³/mol. The van der Waals surface area contributed by atoms with Crippen LogP contribution in [0.3, 0.4) is 0 Å². The number of aromatic nitrogens is 2. The minimum atomic E-state index is -0.0565. The van der Waals surface area contributed by atoms with Crippen LogP contribution < -0.4 is 10.6 Å². The molecule has 3 rings (SSSR count). The van der Waals surface area contributed by atoms with Gasteiger partial charge in [-0.3, -0.25) is 4.79 Å². The van der Waals surface area contributed by atoms with Crippen LogP contribution in [0.2, 0.25) is 0 Å². The molecule has 0 radical (unpaired) electrons. The molecule has 0 aromatic carbocycles. The second-order valence-electron chi connectivity index (χ2n) is 5.14. The van der Waals surface area contributed by atoms with Gasteiger partial charge in [0.2, 0.25) is 5.95 Å². The normalized spacial score (nSPS) is 23.5. The van der Waals surface area contributed by atoms with Crippen molar-refractivity contribution in [3.05, 3.63) is 11.9 Å². The van der Waals surface area contributed by atoms with Crippen LogP contribution in [0.25, 0.3) is 0 Å². The molecule has 2 N–H and O–H groups in total. The highest BCUT2D eigenvalue weighted by Crippen LogP contribution is 2.14. The first-order valence-corrected chi connectivity index (χ1v) is 6.53. The molecule has 18 heavy (non-hydrogen) atoms. The molecule has 0 aliphatic carbocycles. The number of rotatable bonds is 2. The lowest BCUT2D eigenvalue weighted by Gasteiger charge is -2.14. The van der Waals surface area contributed by atoms with Crippen molar-refractivity contribution in [1.29, 1.82) is 0 Å². The highest BCUT2D eigenvalue weighted by molar-refractivity contribution is 5.92. The van der Waals surface area contributed by atoms with Gasteiger partial charge in [-0.1, -0.05) is 0 Å². The molecule has 1 saturated heterocycles. The van der Waals surface area contributed by atoms with E-state index in [4.69, 9.17) is 0 Å². The first-order valence-electron chi connectivity index (χ1n) is 6.53. The van der Waals surface area contributed by atoms with Gasteiger partial charge in [0.15, 0.2) is 0 Å². The lowest BCUT2D eigenvalue weighted by Crippen LogP contribution is -2.36. The molecule has 3 heterocycles. The van der Waals surface area contributed by atoms with E-state index in [1.54, 1.807) is 0 Å². The van der Waals surface area contributed by atoms with Crippen LogP contribution in [-0.4, -0.2) is 53.1 Å². The minimum Gasteiger partial charge on any atom is -0.356 e. The van der Waals surface area contributed by atoms with Gasteiger partial charge < -0.3 is 20.1 Å². The summed E-state index contributed by atoms with van der Waals surface area (Å²) in [6.07, 6.45) is 3.95. The highest BCUT2D eigenvalue weighted by Gasteiger charge is 2.23. The number of likely N-dealkylation sites (N-methyl/N-ethyl adjacent to an activating group) is 1. The number of nitrogens with zero attached hydrogens (tertiary/aromatic N) is 3. The monoisotopic (exact) mass is 249 g/mol. The van der Waals surface area contributed by atoms with Gasteiger partial charge in [-0.2, -0.15) is 0 Å². The van der Waals surface area contributed by atoms with Gasteiger partial charge in [0.05, 0.1) is 0 Å². The van der Waals surface area contributed by atoms with E-state index < -0.39 is 0 Å². The van der Waals surface area contributed by atoms with Crippen molar-refractivity contribution in [3.8, 4) is 0 Å². The van der Waals surface area contributed by atoms with Gasteiger partial charge >= 0.3 is 0 Å². The Morgan fingerprint density at radius 1 is 1.56 bits per heavy atom. The summed E-state index contributed by atoms with van der Waals surface area (Å²) in [6.45, 7) is 3.85. The fourth-order valence-electron chi connectivity index (χ4n) is 2.60. The van der Waals surface area contributed by atoms with Crippen molar-refractivity contribution in [1.82, 2.24) is 19.8 Å². The molecule has 1 amide bonds. The molecule has 1 aromatic rings. The van der Waals surface area contributed by atoms with Crippen LogP contribution in [0, 0.1) is 0 Å². The number of aryl methyl sites for hydroxylation is 1. The molecule has 1 fully saturated rings. The fourth-order valence-corrected chi connectivity index (χ4v) is 2.60. The van der Waals surface area contributed by atoms with E-state index in [1.807, 2.05) is 10.8 Å². The van der Waals surface area contributed by atoms with Crippen LogP contribution in [0.5, 0.6) is 0 Å². The largest absolute Gasteiger partial charge is 0.356 e. The molecule has 6 nitrogen and oxygen atoms in total. The molecule has 0 spiro atoms. The third kappa shape index (κ3) is 2.20. The Balaban J connectivity index is 1.67. The van der Waals surface area contributed by atoms with Crippen LogP contribution in [-0.2, 0) is 6.54 Å². The molecule has 2 aliphatic rings. The van der Waals surface area contributed by atoms with E-state index in [9.17, 15) is 4.79 Å². The van der Waals surface area contributed by atoms with E-state index in [0.29, 0.717) is 5.69 Å². The van der Waals surface area contributed by atoms with E-state index in [-0.39, 0.29) is 11.9 Å². The number of hydrogen-bond acceptors (Lipinski definition) is 4. The molecular weight excluding hydrogens is 230 g/mol. The maximum atomic E-state index is 12.1. The Morgan fingerprint density at radius 2 is 2.44 bits per heavy atom. The first kappa shape index (κ1) is 11.5. The average molecular weight is 249 g/mol. The van der Waals surface area contributed by atoms with Crippen molar-refractivity contribution in [2.45, 2.75) is 25.4 Å². The van der Waals surface area contributed by atoms with Gasteiger partial charge in [0.25, 0.3) is 5.91 Å². The van der Waals surface area contributed by atoms with Gasteiger partial charge in [-0.05, 0) is 26.4 Å². The third-order valence-corrected chi connectivity index (χ3v) is 3.59. The summed E-state index contributed by atoms with van der Waals surface area (Å²) in [5.41, 5.74) is 0.522. The first-order chi connectivity index (χ1) is 8.72. The number of nitrogens with one attached hydrogen (secondary N) is 2. The lowest BCUT2D eigenvalue weighted by molar-refractivity contribution is 0.0934. The average Bonchev–Trinajstić information content (AvgIpc) is 2.95. The smallest absolute Gasteiger partial charge is 0.271 e. The third-order valence-electron chi connectivity index (χ3n) is 3.59. The van der Waals surface area contributed by atoms with Crippen LogP contribution in [0.4, 0.5) is 5.95 Å². The Labute approximate surface area is 106 Å². The Bertz CT molecular complexity index is 432. The maximum absolute atomic E-state index is 12.1. The molecule has 0 saturated carbocycles. The molecular formula is C12H19N5O. The minimum absolute atomic E-state index is 0.0565. The van der Waals surface area contributed by atoms with Crippen molar-refractivity contribution in [3.63, 3.8) is 0 Å². The Hall–Kier alpha value is -1.56. The Morgan fingerprint density at radius 3 is 3.17 bits per heavy atom. The lowest BCUT2D eigenvalue weighted by atomic mass is 10.2. The van der Waals surface area contributed by atoms with Crippen LogP contribution >= 0.6 is 0 Å². The van der Waals surface area contributed by atoms with Crippen molar-refractivity contribution >= 4 is 11.9 Å². The standard InChI is InChI=1S/C12H19N5O/c1-16-6-3-9(7-16)14-11(18)10-8-17-5-2-4-13-12(17)15-10/h8-9H,2-7H2,1H3,(H,13,15)(H,14,18). The zero-order chi connectivity index (χ0) is 12.5. The number of anilines is 1. The molecule has 6 heteroatoms. The number of carbonyl (C=O) groups excluding carboxylic acids is 1. The zero-order valence-corrected chi connectivity index (χ0v) is 10.6. The fraction of sp³-hybridized carbons (Fsp3) is 0.667. The second kappa shape index (κ2) is 4.61. The van der Waals surface area contributed by atoms with Gasteiger partial charge in [-0.25, -0.2) is 4.98 Å². The van der Waals surface area contributed by atoms with Gasteiger partial charge in [-0.15, -0.1) is 0 Å². The molecule has 1 aromatic heterocycles. The van der Waals surface area contributed by atoms with E-state index >= 15 is 0 Å². The summed E-state index contributed by atoms with van der Waals surface area (Å²) in [5, 5.41) is 6.25. The van der Waals surface area contributed by atoms with E-state index in [1.165, 1.54) is 0 Å². The molecule has 1 unspecified atom stereocenters. The topological polar surface area (TPSA) is 62.2 Å². The van der Waals surface area contributed by atoms with E-state index in [2.05, 4.69) is 27.6 Å². The second-order valence-corrected chi connectivity index (χ2v) is 5.14. The quantitative estimate of drug-likeness (QED) is 0.782. The summed E-state index contributed by atoms with van der Waals surface area (Å²) in [5.74, 6) is 0.758.